The second kappa shape index (κ2) is 12.9. The molecule has 3 nitrogen and oxygen atoms in total. The van der Waals surface area contributed by atoms with Crippen LogP contribution in [0.1, 0.15) is 71.1 Å². The molecule has 1 aromatic carbocycles. The fraction of sp³-hybridized carbons (Fsp3) is 0.667. The molecule has 23 heavy (non-hydrogen) atoms. The SMILES string of the molecule is CCCCCCCCCCC[CH2][Cu][S](=O)(=O)Oc1ccccc1. The van der Waals surface area contributed by atoms with Crippen molar-refractivity contribution in [3.05, 3.63) is 30.3 Å². The van der Waals surface area contributed by atoms with Gasteiger partial charge in [0.15, 0.2) is 0 Å². The van der Waals surface area contributed by atoms with Gasteiger partial charge in [0.2, 0.25) is 0 Å². The van der Waals surface area contributed by atoms with Gasteiger partial charge >= 0.3 is 148 Å². The molecule has 0 unspecified atom stereocenters. The van der Waals surface area contributed by atoms with Crippen LogP contribution in [-0.2, 0) is 22.4 Å². The Kier molecular flexibility index (Phi) is 11.5. The topological polar surface area (TPSA) is 43.4 Å². The van der Waals surface area contributed by atoms with Crippen LogP contribution in [0.5, 0.6) is 5.75 Å². The van der Waals surface area contributed by atoms with Crippen LogP contribution in [-0.4, -0.2) is 8.42 Å². The van der Waals surface area contributed by atoms with E-state index in [1.54, 1.807) is 24.3 Å². The molecule has 0 fully saturated rings. The van der Waals surface area contributed by atoms with Gasteiger partial charge in [-0.1, -0.05) is 0 Å². The molecular weight excluding hydrogens is 360 g/mol. The molecule has 137 valence electrons. The molecule has 0 atom stereocenters. The Morgan fingerprint density at radius 1 is 0.826 bits per heavy atom. The van der Waals surface area contributed by atoms with Crippen LogP contribution in [0.3, 0.4) is 0 Å². The summed E-state index contributed by atoms with van der Waals surface area (Å²) in [6, 6.07) is 8.65. The number of hydrogen-bond acceptors (Lipinski definition) is 3. The van der Waals surface area contributed by atoms with Crippen molar-refractivity contribution in [1.29, 1.82) is 0 Å². The zero-order valence-electron chi connectivity index (χ0n) is 14.1. The number of benzene rings is 1. The quantitative estimate of drug-likeness (QED) is 0.301. The molecule has 0 aliphatic rings. The van der Waals surface area contributed by atoms with Crippen LogP contribution < -0.4 is 4.18 Å². The molecular formula is C18H30CuO3S. The standard InChI is InChI=1S/C12H25.C6H5O3S.Cu/c1-3-5-7-9-11-12-10-8-6-4-2;7-10(8)9-6-4-2-1-3-5-6;/h1,3-12H2,2H3;1-5H;. The molecule has 0 aromatic heterocycles. The maximum absolute atomic E-state index is 11.8. The Bertz CT molecular complexity index is 488. The number of unbranched alkanes of at least 4 members (excludes halogenated alkanes) is 9. The van der Waals surface area contributed by atoms with E-state index in [2.05, 4.69) is 6.92 Å². The van der Waals surface area contributed by atoms with Gasteiger partial charge in [0.05, 0.1) is 0 Å². The molecule has 0 heterocycles. The molecule has 0 bridgehead atoms. The summed E-state index contributed by atoms with van der Waals surface area (Å²) in [6.45, 7) is 2.24. The van der Waals surface area contributed by atoms with E-state index in [0.717, 1.165) is 26.7 Å². The Labute approximate surface area is 147 Å². The third kappa shape index (κ3) is 11.6. The zero-order valence-corrected chi connectivity index (χ0v) is 15.9. The first-order valence-corrected chi connectivity index (χ1v) is 11.7. The fourth-order valence-corrected chi connectivity index (χ4v) is 4.67. The summed E-state index contributed by atoms with van der Waals surface area (Å²) >= 11 is 1.000. The third-order valence-electron chi connectivity index (χ3n) is 3.56. The van der Waals surface area contributed by atoms with E-state index in [0.29, 0.717) is 11.1 Å². The molecule has 0 aliphatic carbocycles. The van der Waals surface area contributed by atoms with Crippen LogP contribution in [0.15, 0.2) is 30.3 Å². The summed E-state index contributed by atoms with van der Waals surface area (Å²) in [7, 11) is -3.54. The van der Waals surface area contributed by atoms with Crippen molar-refractivity contribution in [3.8, 4) is 5.75 Å². The predicted molar refractivity (Wildman–Crippen MR) is 92.6 cm³/mol. The summed E-state index contributed by atoms with van der Waals surface area (Å²) in [6.07, 6.45) is 12.5. The van der Waals surface area contributed by atoms with Gasteiger partial charge in [-0.3, -0.25) is 0 Å². The molecule has 1 aromatic rings. The Hall–Kier alpha value is -0.511. The van der Waals surface area contributed by atoms with Crippen molar-refractivity contribution >= 4 is 8.54 Å². The van der Waals surface area contributed by atoms with Crippen molar-refractivity contribution in [2.24, 2.45) is 0 Å². The monoisotopic (exact) mass is 389 g/mol. The van der Waals surface area contributed by atoms with Gasteiger partial charge in [-0.05, 0) is 0 Å². The van der Waals surface area contributed by atoms with Crippen LogP contribution >= 0.6 is 0 Å². The van der Waals surface area contributed by atoms with E-state index in [1.165, 1.54) is 51.4 Å². The van der Waals surface area contributed by atoms with E-state index in [9.17, 15) is 8.42 Å². The number of para-hydroxylation sites is 1. The summed E-state index contributed by atoms with van der Waals surface area (Å²) in [5, 5.41) is 0.592. The second-order valence-electron chi connectivity index (χ2n) is 5.67. The maximum atomic E-state index is 11.8. The van der Waals surface area contributed by atoms with E-state index < -0.39 is 8.54 Å². The summed E-state index contributed by atoms with van der Waals surface area (Å²) in [5.74, 6) is 0.375. The molecule has 0 saturated carbocycles. The van der Waals surface area contributed by atoms with E-state index in [-0.39, 0.29) is 0 Å². The molecule has 0 radical (unpaired) electrons. The van der Waals surface area contributed by atoms with E-state index in [1.807, 2.05) is 6.07 Å². The van der Waals surface area contributed by atoms with Crippen LogP contribution in [0.2, 0.25) is 5.32 Å². The normalized spacial score (nSPS) is 11.7. The predicted octanol–water partition coefficient (Wildman–Crippen LogP) is 5.73. The molecule has 5 heteroatoms. The van der Waals surface area contributed by atoms with Gasteiger partial charge in [0.25, 0.3) is 0 Å². The van der Waals surface area contributed by atoms with Gasteiger partial charge < -0.3 is 0 Å². The van der Waals surface area contributed by atoms with Crippen molar-refractivity contribution < 1.29 is 26.4 Å². The molecule has 0 saturated heterocycles. The zero-order chi connectivity index (χ0) is 16.8. The minimum absolute atomic E-state index is 0.375. The Morgan fingerprint density at radius 3 is 1.91 bits per heavy atom. The fourth-order valence-electron chi connectivity index (χ4n) is 2.28. The molecule has 0 N–H and O–H groups in total. The Balaban J connectivity index is 1.98. The average Bonchev–Trinajstić information content (AvgIpc) is 2.53. The third-order valence-corrected chi connectivity index (χ3v) is 6.42. The van der Waals surface area contributed by atoms with Gasteiger partial charge in [-0.15, -0.1) is 0 Å². The summed E-state index contributed by atoms with van der Waals surface area (Å²) < 4.78 is 28.6. The molecule has 0 spiro atoms. The molecule has 1 rings (SSSR count). The van der Waals surface area contributed by atoms with Crippen molar-refractivity contribution in [2.45, 2.75) is 76.5 Å². The molecule has 0 aliphatic heterocycles. The van der Waals surface area contributed by atoms with Crippen molar-refractivity contribution in [1.82, 2.24) is 0 Å². The summed E-state index contributed by atoms with van der Waals surface area (Å²) in [5.41, 5.74) is 0. The van der Waals surface area contributed by atoms with E-state index >= 15 is 0 Å². The van der Waals surface area contributed by atoms with Gasteiger partial charge in [0, 0.05) is 0 Å². The Morgan fingerprint density at radius 2 is 1.35 bits per heavy atom. The second-order valence-corrected chi connectivity index (χ2v) is 9.42. The van der Waals surface area contributed by atoms with Gasteiger partial charge in [-0.25, -0.2) is 0 Å². The number of rotatable bonds is 14. The van der Waals surface area contributed by atoms with Gasteiger partial charge in [0.1, 0.15) is 0 Å². The van der Waals surface area contributed by atoms with Crippen LogP contribution in [0.25, 0.3) is 0 Å². The first kappa shape index (κ1) is 20.5. The van der Waals surface area contributed by atoms with Crippen molar-refractivity contribution in [2.75, 3.05) is 0 Å². The van der Waals surface area contributed by atoms with Crippen LogP contribution in [0.4, 0.5) is 0 Å². The van der Waals surface area contributed by atoms with Crippen molar-refractivity contribution in [3.63, 3.8) is 0 Å². The summed E-state index contributed by atoms with van der Waals surface area (Å²) in [4.78, 5) is 0. The van der Waals surface area contributed by atoms with Crippen LogP contribution in [0, 0.1) is 0 Å². The number of hydrogen-bond donors (Lipinski definition) is 0. The average molecular weight is 390 g/mol. The first-order chi connectivity index (χ1) is 11.1. The van der Waals surface area contributed by atoms with E-state index in [4.69, 9.17) is 4.18 Å². The first-order valence-electron chi connectivity index (χ1n) is 8.66. The van der Waals surface area contributed by atoms with Gasteiger partial charge in [-0.2, -0.15) is 0 Å². The minimum atomic E-state index is -3.54. The molecule has 0 amide bonds.